The maximum atomic E-state index is 13.9. The van der Waals surface area contributed by atoms with Gasteiger partial charge in [-0.3, -0.25) is 0 Å². The van der Waals surface area contributed by atoms with Crippen LogP contribution in [0.2, 0.25) is 0 Å². The highest BCUT2D eigenvalue weighted by atomic mass is 19.1. The van der Waals surface area contributed by atoms with Crippen molar-refractivity contribution in [2.75, 3.05) is 6.54 Å². The van der Waals surface area contributed by atoms with Gasteiger partial charge in [-0.1, -0.05) is 12.1 Å². The first kappa shape index (κ1) is 11.7. The summed E-state index contributed by atoms with van der Waals surface area (Å²) in [6.07, 6.45) is 2.61. The van der Waals surface area contributed by atoms with Crippen LogP contribution in [0.5, 0.6) is 0 Å². The van der Waals surface area contributed by atoms with Gasteiger partial charge in [-0.25, -0.2) is 9.07 Å². The summed E-state index contributed by atoms with van der Waals surface area (Å²) >= 11 is 0. The van der Waals surface area contributed by atoms with E-state index in [9.17, 15) is 8.78 Å². The minimum atomic E-state index is -0.524. The van der Waals surface area contributed by atoms with E-state index < -0.39 is 11.8 Å². The monoisotopic (exact) mass is 237 g/mol. The van der Waals surface area contributed by atoms with Gasteiger partial charge < -0.3 is 5.73 Å². The van der Waals surface area contributed by atoms with Gasteiger partial charge in [0.15, 0.2) is 0 Å². The van der Waals surface area contributed by atoms with Crippen LogP contribution >= 0.6 is 0 Å². The summed E-state index contributed by atoms with van der Waals surface area (Å²) in [5.41, 5.74) is 5.93. The van der Waals surface area contributed by atoms with Crippen molar-refractivity contribution in [1.82, 2.24) is 9.78 Å². The molecule has 90 valence electrons. The Hall–Kier alpha value is -1.75. The minimum Gasteiger partial charge on any atom is -0.330 e. The summed E-state index contributed by atoms with van der Waals surface area (Å²) in [5, 5.41) is 3.86. The molecule has 0 aliphatic carbocycles. The SMILES string of the molecule is NCCCc1cnn(-c2ccccc2F)c1F. The average molecular weight is 237 g/mol. The minimum absolute atomic E-state index is 0.115. The second-order valence-electron chi connectivity index (χ2n) is 3.72. The van der Waals surface area contributed by atoms with Gasteiger partial charge in [-0.05, 0) is 31.5 Å². The lowest BCUT2D eigenvalue weighted by atomic mass is 10.2. The van der Waals surface area contributed by atoms with E-state index in [0.717, 1.165) is 4.68 Å². The van der Waals surface area contributed by atoms with Gasteiger partial charge in [0, 0.05) is 5.56 Å². The van der Waals surface area contributed by atoms with Crippen molar-refractivity contribution in [2.24, 2.45) is 5.73 Å². The second-order valence-corrected chi connectivity index (χ2v) is 3.72. The molecule has 1 aromatic carbocycles. The van der Waals surface area contributed by atoms with Crippen LogP contribution in [0.3, 0.4) is 0 Å². The number of hydrogen-bond acceptors (Lipinski definition) is 2. The van der Waals surface area contributed by atoms with E-state index in [1.54, 1.807) is 12.1 Å². The molecule has 2 rings (SSSR count). The number of hydrogen-bond donors (Lipinski definition) is 1. The van der Waals surface area contributed by atoms with Crippen molar-refractivity contribution < 1.29 is 8.78 Å². The van der Waals surface area contributed by atoms with Gasteiger partial charge in [-0.15, -0.1) is 0 Å². The van der Waals surface area contributed by atoms with Gasteiger partial charge in [0.2, 0.25) is 5.95 Å². The fourth-order valence-electron chi connectivity index (χ4n) is 1.62. The highest BCUT2D eigenvalue weighted by molar-refractivity contribution is 5.33. The Bertz CT molecular complexity index is 508. The van der Waals surface area contributed by atoms with E-state index in [4.69, 9.17) is 5.73 Å². The molecule has 0 spiro atoms. The Morgan fingerprint density at radius 1 is 1.24 bits per heavy atom. The molecule has 17 heavy (non-hydrogen) atoms. The molecule has 0 amide bonds. The van der Waals surface area contributed by atoms with Gasteiger partial charge in [0.1, 0.15) is 11.5 Å². The standard InChI is InChI=1S/C12H13F2N3/c13-10-5-1-2-6-11(10)17-12(14)9(8-16-17)4-3-7-15/h1-2,5-6,8H,3-4,7,15H2. The van der Waals surface area contributed by atoms with Crippen LogP contribution < -0.4 is 5.73 Å². The molecule has 5 heteroatoms. The highest BCUT2D eigenvalue weighted by Crippen LogP contribution is 2.17. The van der Waals surface area contributed by atoms with Crippen molar-refractivity contribution in [3.63, 3.8) is 0 Å². The fourth-order valence-corrected chi connectivity index (χ4v) is 1.62. The molecule has 0 aliphatic rings. The maximum absolute atomic E-state index is 13.9. The van der Waals surface area contributed by atoms with Gasteiger partial charge >= 0.3 is 0 Å². The Morgan fingerprint density at radius 2 is 2.00 bits per heavy atom. The molecule has 0 radical (unpaired) electrons. The summed E-state index contributed by atoms with van der Waals surface area (Å²) in [5.74, 6) is -1.02. The first-order valence-electron chi connectivity index (χ1n) is 5.41. The van der Waals surface area contributed by atoms with E-state index in [1.165, 1.54) is 18.3 Å². The molecule has 0 bridgehead atoms. The van der Waals surface area contributed by atoms with E-state index in [1.807, 2.05) is 0 Å². The fraction of sp³-hybridized carbons (Fsp3) is 0.250. The Balaban J connectivity index is 2.34. The molecule has 2 aromatic rings. The lowest BCUT2D eigenvalue weighted by Crippen LogP contribution is -2.04. The van der Waals surface area contributed by atoms with Crippen molar-refractivity contribution in [3.8, 4) is 5.69 Å². The number of rotatable bonds is 4. The molecule has 0 unspecified atom stereocenters. The van der Waals surface area contributed by atoms with Crippen LogP contribution in [-0.2, 0) is 6.42 Å². The molecular formula is C12H13F2N3. The van der Waals surface area contributed by atoms with Gasteiger partial charge in [-0.2, -0.15) is 9.49 Å². The molecule has 3 nitrogen and oxygen atoms in total. The molecule has 0 atom stereocenters. The number of benzene rings is 1. The number of nitrogens with zero attached hydrogens (tertiary/aromatic N) is 2. The zero-order valence-corrected chi connectivity index (χ0v) is 9.24. The Morgan fingerprint density at radius 3 is 2.71 bits per heavy atom. The summed E-state index contributed by atoms with van der Waals surface area (Å²) in [4.78, 5) is 0. The van der Waals surface area contributed by atoms with E-state index in [-0.39, 0.29) is 5.69 Å². The third-order valence-electron chi connectivity index (χ3n) is 2.51. The molecule has 0 aliphatic heterocycles. The van der Waals surface area contributed by atoms with Crippen molar-refractivity contribution in [3.05, 3.63) is 47.8 Å². The molecule has 1 aromatic heterocycles. The summed E-state index contributed by atoms with van der Waals surface area (Å²) < 4.78 is 28.4. The van der Waals surface area contributed by atoms with E-state index in [0.29, 0.717) is 24.9 Å². The molecule has 2 N–H and O–H groups in total. The van der Waals surface area contributed by atoms with Gasteiger partial charge in [0.05, 0.1) is 6.20 Å². The number of nitrogens with two attached hydrogens (primary N) is 1. The number of halogens is 2. The number of aryl methyl sites for hydroxylation is 1. The summed E-state index contributed by atoms with van der Waals surface area (Å²) in [6.45, 7) is 0.490. The Kier molecular flexibility index (Phi) is 3.49. The van der Waals surface area contributed by atoms with E-state index in [2.05, 4.69) is 5.10 Å². The predicted octanol–water partition coefficient (Wildman–Crippen LogP) is 2.04. The van der Waals surface area contributed by atoms with E-state index >= 15 is 0 Å². The third kappa shape index (κ3) is 2.34. The first-order chi connectivity index (χ1) is 8.24. The van der Waals surface area contributed by atoms with Crippen LogP contribution in [-0.4, -0.2) is 16.3 Å². The quantitative estimate of drug-likeness (QED) is 0.884. The highest BCUT2D eigenvalue weighted by Gasteiger charge is 2.13. The zero-order chi connectivity index (χ0) is 12.3. The Labute approximate surface area is 97.9 Å². The van der Waals surface area contributed by atoms with Crippen LogP contribution in [0, 0.1) is 11.8 Å². The molecule has 0 saturated carbocycles. The van der Waals surface area contributed by atoms with Crippen LogP contribution in [0.4, 0.5) is 8.78 Å². The summed E-state index contributed by atoms with van der Waals surface area (Å²) in [6, 6.07) is 5.95. The second kappa shape index (κ2) is 5.05. The largest absolute Gasteiger partial charge is 0.330 e. The van der Waals surface area contributed by atoms with Crippen LogP contribution in [0.1, 0.15) is 12.0 Å². The average Bonchev–Trinajstić information content (AvgIpc) is 2.69. The molecule has 0 fully saturated rings. The maximum Gasteiger partial charge on any atom is 0.219 e. The normalized spacial score (nSPS) is 10.8. The first-order valence-corrected chi connectivity index (χ1v) is 5.41. The lowest BCUT2D eigenvalue weighted by Gasteiger charge is -2.03. The number of para-hydroxylation sites is 1. The topological polar surface area (TPSA) is 43.8 Å². The molecule has 0 saturated heterocycles. The lowest BCUT2D eigenvalue weighted by molar-refractivity contribution is 0.510. The zero-order valence-electron chi connectivity index (χ0n) is 9.24. The predicted molar refractivity (Wildman–Crippen MR) is 60.9 cm³/mol. The van der Waals surface area contributed by atoms with Crippen molar-refractivity contribution in [1.29, 1.82) is 0 Å². The summed E-state index contributed by atoms with van der Waals surface area (Å²) in [7, 11) is 0. The van der Waals surface area contributed by atoms with Crippen LogP contribution in [0.25, 0.3) is 5.69 Å². The van der Waals surface area contributed by atoms with Crippen molar-refractivity contribution >= 4 is 0 Å². The molecule has 1 heterocycles. The van der Waals surface area contributed by atoms with Crippen molar-refractivity contribution in [2.45, 2.75) is 12.8 Å². The smallest absolute Gasteiger partial charge is 0.219 e. The molecular weight excluding hydrogens is 224 g/mol. The van der Waals surface area contributed by atoms with Crippen LogP contribution in [0.15, 0.2) is 30.5 Å². The van der Waals surface area contributed by atoms with Gasteiger partial charge in [0.25, 0.3) is 0 Å². The third-order valence-corrected chi connectivity index (χ3v) is 2.51. The number of aromatic nitrogens is 2.